The molecular weight excluding hydrogens is 398 g/mol. The molecule has 0 saturated carbocycles. The number of aromatic nitrogens is 2. The molecule has 5 rings (SSSR count). The number of para-hydroxylation sites is 1. The maximum absolute atomic E-state index is 9.64. The molecule has 0 aliphatic rings. The van der Waals surface area contributed by atoms with Crippen molar-refractivity contribution in [1.82, 2.24) is 9.97 Å². The van der Waals surface area contributed by atoms with E-state index in [9.17, 15) is 5.26 Å². The van der Waals surface area contributed by atoms with Crippen LogP contribution in [0, 0.1) is 11.3 Å². The van der Waals surface area contributed by atoms with Crippen molar-refractivity contribution in [1.29, 1.82) is 5.26 Å². The van der Waals surface area contributed by atoms with Crippen molar-refractivity contribution in [3.63, 3.8) is 0 Å². The van der Waals surface area contributed by atoms with Crippen LogP contribution in [0.25, 0.3) is 43.9 Å². The molecule has 2 aromatic carbocycles. The van der Waals surface area contributed by atoms with Gasteiger partial charge in [-0.1, -0.05) is 42.5 Å². The van der Waals surface area contributed by atoms with Gasteiger partial charge in [-0.2, -0.15) is 5.26 Å². The zero-order valence-corrected chi connectivity index (χ0v) is 16.7. The van der Waals surface area contributed by atoms with Gasteiger partial charge in [0.05, 0.1) is 21.5 Å². The second-order valence-corrected chi connectivity index (χ2v) is 8.15. The third-order valence-electron chi connectivity index (χ3n) is 4.34. The minimum Gasteiger partial charge on any atom is -0.454 e. The molecule has 29 heavy (non-hydrogen) atoms. The number of hydrogen-bond acceptors (Lipinski definition) is 6. The van der Waals surface area contributed by atoms with Crippen LogP contribution in [0.2, 0.25) is 0 Å². The fraction of sp³-hybridized carbons (Fsp3) is 0. The molecule has 0 amide bonds. The number of thiazole rings is 2. The molecule has 6 heteroatoms. The van der Waals surface area contributed by atoms with E-state index >= 15 is 0 Å². The Balaban J connectivity index is 1.45. The number of allylic oxidation sites excluding steroid dienone is 1. The van der Waals surface area contributed by atoms with E-state index in [1.807, 2.05) is 72.1 Å². The van der Waals surface area contributed by atoms with Gasteiger partial charge >= 0.3 is 0 Å². The van der Waals surface area contributed by atoms with E-state index in [0.29, 0.717) is 22.1 Å². The maximum Gasteiger partial charge on any atom is 0.163 e. The fourth-order valence-corrected chi connectivity index (χ4v) is 4.67. The van der Waals surface area contributed by atoms with Gasteiger partial charge in [0.2, 0.25) is 0 Å². The Morgan fingerprint density at radius 1 is 0.966 bits per heavy atom. The Bertz CT molecular complexity index is 1340. The molecule has 5 aromatic rings. The molecule has 3 heterocycles. The van der Waals surface area contributed by atoms with Crippen molar-refractivity contribution >= 4 is 44.5 Å². The SMILES string of the molecule is N#CC(=Cc1ccc(-c2nc3ccccc3s2)o1)c1nc(-c2ccccc2)cs1. The maximum atomic E-state index is 9.64. The molecule has 0 spiro atoms. The summed E-state index contributed by atoms with van der Waals surface area (Å²) in [6, 6.07) is 23.9. The van der Waals surface area contributed by atoms with Crippen LogP contribution in [-0.4, -0.2) is 9.97 Å². The summed E-state index contributed by atoms with van der Waals surface area (Å²) in [5.74, 6) is 1.30. The minimum absolute atomic E-state index is 0.474. The van der Waals surface area contributed by atoms with Gasteiger partial charge in [-0.15, -0.1) is 22.7 Å². The lowest BCUT2D eigenvalue weighted by atomic mass is 10.2. The van der Waals surface area contributed by atoms with Crippen LogP contribution < -0.4 is 0 Å². The van der Waals surface area contributed by atoms with Crippen molar-refractivity contribution in [3.05, 3.63) is 82.9 Å². The van der Waals surface area contributed by atoms with E-state index in [1.54, 1.807) is 17.4 Å². The summed E-state index contributed by atoms with van der Waals surface area (Å²) in [5, 5.41) is 13.1. The molecule has 138 valence electrons. The Labute approximate surface area is 175 Å². The summed E-state index contributed by atoms with van der Waals surface area (Å²) >= 11 is 3.03. The normalized spacial score (nSPS) is 11.6. The lowest BCUT2D eigenvalue weighted by Crippen LogP contribution is -1.82. The summed E-state index contributed by atoms with van der Waals surface area (Å²) in [5.41, 5.74) is 3.32. The predicted molar refractivity (Wildman–Crippen MR) is 118 cm³/mol. The van der Waals surface area contributed by atoms with Crippen LogP contribution in [0.1, 0.15) is 10.8 Å². The molecule has 0 radical (unpaired) electrons. The van der Waals surface area contributed by atoms with Crippen LogP contribution in [0.3, 0.4) is 0 Å². The van der Waals surface area contributed by atoms with Crippen molar-refractivity contribution in [2.75, 3.05) is 0 Å². The molecule has 0 saturated heterocycles. The zero-order valence-electron chi connectivity index (χ0n) is 15.1. The van der Waals surface area contributed by atoms with Crippen LogP contribution in [0.5, 0.6) is 0 Å². The van der Waals surface area contributed by atoms with E-state index in [1.165, 1.54) is 11.3 Å². The summed E-state index contributed by atoms with van der Waals surface area (Å²) in [6.45, 7) is 0. The predicted octanol–water partition coefficient (Wildman–Crippen LogP) is 6.74. The first kappa shape index (κ1) is 17.6. The van der Waals surface area contributed by atoms with Crippen LogP contribution in [0.4, 0.5) is 0 Å². The number of benzene rings is 2. The second-order valence-electron chi connectivity index (χ2n) is 6.26. The van der Waals surface area contributed by atoms with E-state index in [2.05, 4.69) is 16.0 Å². The van der Waals surface area contributed by atoms with Gasteiger partial charge in [0, 0.05) is 17.0 Å². The van der Waals surface area contributed by atoms with Crippen LogP contribution >= 0.6 is 22.7 Å². The molecular formula is C23H13N3OS2. The third-order valence-corrected chi connectivity index (χ3v) is 6.27. The van der Waals surface area contributed by atoms with Gasteiger partial charge < -0.3 is 4.42 Å². The Kier molecular flexibility index (Phi) is 4.53. The van der Waals surface area contributed by atoms with Crippen molar-refractivity contribution in [3.8, 4) is 28.1 Å². The molecule has 3 aromatic heterocycles. The van der Waals surface area contributed by atoms with Gasteiger partial charge in [0.25, 0.3) is 0 Å². The number of rotatable bonds is 4. The lowest BCUT2D eigenvalue weighted by Gasteiger charge is -1.95. The average Bonchev–Trinajstić information content (AvgIpc) is 3.51. The van der Waals surface area contributed by atoms with Gasteiger partial charge in [0.1, 0.15) is 16.8 Å². The fourth-order valence-electron chi connectivity index (χ4n) is 2.95. The Hall–Kier alpha value is -3.53. The van der Waals surface area contributed by atoms with Gasteiger partial charge in [0.15, 0.2) is 10.8 Å². The number of hydrogen-bond donors (Lipinski definition) is 0. The van der Waals surface area contributed by atoms with E-state index in [4.69, 9.17) is 4.42 Å². The third kappa shape index (κ3) is 3.49. The molecule has 0 atom stereocenters. The topological polar surface area (TPSA) is 62.7 Å². The van der Waals surface area contributed by atoms with Crippen LogP contribution in [-0.2, 0) is 0 Å². The highest BCUT2D eigenvalue weighted by molar-refractivity contribution is 7.21. The van der Waals surface area contributed by atoms with Gasteiger partial charge in [-0.25, -0.2) is 9.97 Å². The second kappa shape index (κ2) is 7.47. The first-order chi connectivity index (χ1) is 14.3. The summed E-state index contributed by atoms with van der Waals surface area (Å²) < 4.78 is 7.06. The van der Waals surface area contributed by atoms with Crippen LogP contribution in [0.15, 0.2) is 76.5 Å². The highest BCUT2D eigenvalue weighted by atomic mass is 32.1. The monoisotopic (exact) mass is 411 g/mol. The van der Waals surface area contributed by atoms with Gasteiger partial charge in [-0.05, 0) is 24.3 Å². The molecule has 0 N–H and O–H groups in total. The highest BCUT2D eigenvalue weighted by Gasteiger charge is 2.12. The first-order valence-corrected chi connectivity index (χ1v) is 10.6. The Morgan fingerprint density at radius 3 is 2.62 bits per heavy atom. The molecule has 0 aliphatic carbocycles. The van der Waals surface area contributed by atoms with E-state index < -0.39 is 0 Å². The van der Waals surface area contributed by atoms with Crippen molar-refractivity contribution < 1.29 is 4.42 Å². The molecule has 0 fully saturated rings. The largest absolute Gasteiger partial charge is 0.454 e. The van der Waals surface area contributed by atoms with Crippen molar-refractivity contribution in [2.45, 2.75) is 0 Å². The number of nitriles is 1. The Morgan fingerprint density at radius 2 is 1.79 bits per heavy atom. The highest BCUT2D eigenvalue weighted by Crippen LogP contribution is 2.32. The molecule has 4 nitrogen and oxygen atoms in total. The standard InChI is InChI=1S/C23H13N3OS2/c24-13-16(22-26-19(14-28-22)15-6-2-1-3-7-15)12-17-10-11-20(27-17)23-25-18-8-4-5-9-21(18)29-23/h1-12,14H. The smallest absolute Gasteiger partial charge is 0.163 e. The van der Waals surface area contributed by atoms with Gasteiger partial charge in [-0.3, -0.25) is 0 Å². The summed E-state index contributed by atoms with van der Waals surface area (Å²) in [4.78, 5) is 9.24. The quantitative estimate of drug-likeness (QED) is 0.307. The van der Waals surface area contributed by atoms with Crippen molar-refractivity contribution in [2.24, 2.45) is 0 Å². The summed E-state index contributed by atoms with van der Waals surface area (Å²) in [6.07, 6.45) is 1.73. The van der Waals surface area contributed by atoms with E-state index in [-0.39, 0.29) is 0 Å². The van der Waals surface area contributed by atoms with E-state index in [0.717, 1.165) is 26.5 Å². The average molecular weight is 412 g/mol. The molecule has 0 unspecified atom stereocenters. The number of fused-ring (bicyclic) bond motifs is 1. The molecule has 0 aliphatic heterocycles. The summed E-state index contributed by atoms with van der Waals surface area (Å²) in [7, 11) is 0. The minimum atomic E-state index is 0.474. The number of furan rings is 1. The number of nitrogens with zero attached hydrogens (tertiary/aromatic N) is 3. The zero-order chi connectivity index (χ0) is 19.6. The lowest BCUT2D eigenvalue weighted by molar-refractivity contribution is 0.571. The molecule has 0 bridgehead atoms. The first-order valence-electron chi connectivity index (χ1n) is 8.89.